The van der Waals surface area contributed by atoms with Gasteiger partial charge < -0.3 is 10.4 Å². The summed E-state index contributed by atoms with van der Waals surface area (Å²) < 4.78 is 0. The number of nitrogens with zero attached hydrogens (tertiary/aromatic N) is 1. The molecule has 1 heterocycles. The summed E-state index contributed by atoms with van der Waals surface area (Å²) in [5, 5.41) is 20.0. The molecule has 0 spiro atoms. The quantitative estimate of drug-likeness (QED) is 0.808. The average molecular weight is 301 g/mol. The number of carboxylic acid groups (broad SMARTS) is 1. The van der Waals surface area contributed by atoms with Gasteiger partial charge in [-0.25, -0.2) is 0 Å². The third-order valence-corrected chi connectivity index (χ3v) is 4.78. The van der Waals surface area contributed by atoms with Crippen LogP contribution in [0.25, 0.3) is 10.9 Å². The molecule has 0 bridgehead atoms. The molecule has 3 N–H and O–H groups in total. The van der Waals surface area contributed by atoms with Crippen molar-refractivity contribution in [1.82, 2.24) is 10.2 Å². The van der Waals surface area contributed by atoms with Crippen LogP contribution in [-0.2, 0) is 9.59 Å². The Hall–Kier alpha value is -2.37. The summed E-state index contributed by atoms with van der Waals surface area (Å²) in [6.45, 7) is 5.74. The van der Waals surface area contributed by atoms with Crippen molar-refractivity contribution in [2.75, 3.05) is 5.32 Å². The minimum absolute atomic E-state index is 0.0226. The van der Waals surface area contributed by atoms with Gasteiger partial charge in [0.25, 0.3) is 0 Å². The predicted molar refractivity (Wildman–Crippen MR) is 82.5 cm³/mol. The Balaban J connectivity index is 1.88. The van der Waals surface area contributed by atoms with Crippen LogP contribution >= 0.6 is 0 Å². The molecule has 1 aromatic carbocycles. The van der Waals surface area contributed by atoms with Crippen LogP contribution in [0.3, 0.4) is 0 Å². The van der Waals surface area contributed by atoms with E-state index >= 15 is 0 Å². The number of aromatic nitrogens is 2. The smallest absolute Gasteiger partial charge is 0.307 e. The lowest BCUT2D eigenvalue weighted by Gasteiger charge is -2.20. The van der Waals surface area contributed by atoms with Gasteiger partial charge in [0.2, 0.25) is 5.91 Å². The number of aryl methyl sites for hydroxylation is 1. The van der Waals surface area contributed by atoms with E-state index in [1.807, 2.05) is 32.9 Å². The molecule has 6 heteroatoms. The summed E-state index contributed by atoms with van der Waals surface area (Å²) in [6.07, 6.45) is 2.14. The van der Waals surface area contributed by atoms with E-state index in [-0.39, 0.29) is 11.8 Å². The van der Waals surface area contributed by atoms with E-state index in [2.05, 4.69) is 15.5 Å². The highest BCUT2D eigenvalue weighted by molar-refractivity contribution is 6.03. The Morgan fingerprint density at radius 3 is 2.77 bits per heavy atom. The molecule has 0 saturated heterocycles. The van der Waals surface area contributed by atoms with E-state index in [1.165, 1.54) is 0 Å². The summed E-state index contributed by atoms with van der Waals surface area (Å²) in [6, 6.07) is 3.70. The summed E-state index contributed by atoms with van der Waals surface area (Å²) in [7, 11) is 0. The number of anilines is 1. The van der Waals surface area contributed by atoms with E-state index in [9.17, 15) is 14.7 Å². The molecule has 1 aromatic heterocycles. The van der Waals surface area contributed by atoms with Crippen molar-refractivity contribution in [2.24, 2.45) is 17.3 Å². The second-order valence-corrected chi connectivity index (χ2v) is 6.37. The maximum absolute atomic E-state index is 12.6. The highest BCUT2D eigenvalue weighted by Crippen LogP contribution is 2.58. The monoisotopic (exact) mass is 301 g/mol. The lowest BCUT2D eigenvalue weighted by Crippen LogP contribution is -2.32. The molecule has 1 saturated carbocycles. The molecule has 3 rings (SSSR count). The number of aromatic amines is 1. The maximum Gasteiger partial charge on any atom is 0.307 e. The van der Waals surface area contributed by atoms with Gasteiger partial charge in [-0.2, -0.15) is 5.10 Å². The van der Waals surface area contributed by atoms with Crippen LogP contribution in [0.15, 0.2) is 18.3 Å². The van der Waals surface area contributed by atoms with Gasteiger partial charge >= 0.3 is 5.97 Å². The highest BCUT2D eigenvalue weighted by Gasteiger charge is 2.65. The normalized spacial score (nSPS) is 23.7. The molecule has 0 aliphatic heterocycles. The standard InChI is InChI=1S/C16H19N3O3/c1-8(2)16(6-12(16)14(20)21)15(22)18-10-4-9(3)11-7-17-19-13(11)5-10/h4-5,7-8,12H,6H2,1-3H3,(H,17,19)(H,18,22)(H,20,21)/t12-,16+/m0/s1. The number of hydrogen-bond acceptors (Lipinski definition) is 3. The van der Waals surface area contributed by atoms with Gasteiger partial charge in [0, 0.05) is 11.1 Å². The number of aliphatic carboxylic acids is 1. The zero-order chi connectivity index (χ0) is 16.1. The van der Waals surface area contributed by atoms with E-state index in [4.69, 9.17) is 0 Å². The topological polar surface area (TPSA) is 95.1 Å². The van der Waals surface area contributed by atoms with Gasteiger partial charge in [-0.3, -0.25) is 14.7 Å². The molecule has 1 aliphatic rings. The second-order valence-electron chi connectivity index (χ2n) is 6.37. The Labute approximate surface area is 127 Å². The molecule has 1 amide bonds. The summed E-state index contributed by atoms with van der Waals surface area (Å²) >= 11 is 0. The zero-order valence-corrected chi connectivity index (χ0v) is 12.8. The molecule has 0 radical (unpaired) electrons. The molecule has 0 unspecified atom stereocenters. The van der Waals surface area contributed by atoms with Crippen LogP contribution in [0.2, 0.25) is 0 Å². The number of nitrogens with one attached hydrogen (secondary N) is 2. The highest BCUT2D eigenvalue weighted by atomic mass is 16.4. The van der Waals surface area contributed by atoms with Crippen molar-refractivity contribution in [2.45, 2.75) is 27.2 Å². The fraction of sp³-hybridized carbons (Fsp3) is 0.438. The minimum atomic E-state index is -0.899. The number of benzene rings is 1. The number of H-pyrrole nitrogens is 1. The Kier molecular flexibility index (Phi) is 3.20. The lowest BCUT2D eigenvalue weighted by atomic mass is 9.88. The fourth-order valence-electron chi connectivity index (χ4n) is 3.29. The number of carbonyl (C=O) groups is 2. The van der Waals surface area contributed by atoms with E-state index in [1.54, 1.807) is 6.20 Å². The van der Waals surface area contributed by atoms with Gasteiger partial charge in [-0.05, 0) is 37.0 Å². The molecule has 6 nitrogen and oxygen atoms in total. The number of rotatable bonds is 4. The zero-order valence-electron chi connectivity index (χ0n) is 12.8. The van der Waals surface area contributed by atoms with Gasteiger partial charge in [0.15, 0.2) is 0 Å². The first-order valence-corrected chi connectivity index (χ1v) is 7.34. The number of fused-ring (bicyclic) bond motifs is 1. The molecule has 1 fully saturated rings. The number of carboxylic acids is 1. The maximum atomic E-state index is 12.6. The minimum Gasteiger partial charge on any atom is -0.481 e. The van der Waals surface area contributed by atoms with Crippen molar-refractivity contribution in [3.63, 3.8) is 0 Å². The summed E-state index contributed by atoms with van der Waals surface area (Å²) in [4.78, 5) is 23.9. The van der Waals surface area contributed by atoms with Gasteiger partial charge in [-0.15, -0.1) is 0 Å². The molecule has 2 atom stereocenters. The Morgan fingerprint density at radius 2 is 2.18 bits per heavy atom. The van der Waals surface area contributed by atoms with E-state index in [0.29, 0.717) is 12.1 Å². The summed E-state index contributed by atoms with van der Waals surface area (Å²) in [5.41, 5.74) is 1.71. The molecular weight excluding hydrogens is 282 g/mol. The van der Waals surface area contributed by atoms with E-state index in [0.717, 1.165) is 16.5 Å². The first-order valence-electron chi connectivity index (χ1n) is 7.34. The van der Waals surface area contributed by atoms with Crippen molar-refractivity contribution < 1.29 is 14.7 Å². The molecule has 2 aromatic rings. The molecular formula is C16H19N3O3. The molecule has 22 heavy (non-hydrogen) atoms. The van der Waals surface area contributed by atoms with Crippen LogP contribution < -0.4 is 5.32 Å². The van der Waals surface area contributed by atoms with Crippen molar-refractivity contribution in [1.29, 1.82) is 0 Å². The van der Waals surface area contributed by atoms with E-state index < -0.39 is 17.3 Å². The lowest BCUT2D eigenvalue weighted by molar-refractivity contribution is -0.141. The first-order chi connectivity index (χ1) is 10.4. The number of amides is 1. The van der Waals surface area contributed by atoms with Crippen LogP contribution in [0.5, 0.6) is 0 Å². The Bertz CT molecular complexity index is 765. The van der Waals surface area contributed by atoms with Crippen molar-refractivity contribution in [3.8, 4) is 0 Å². The Morgan fingerprint density at radius 1 is 1.45 bits per heavy atom. The van der Waals surface area contributed by atoms with Crippen LogP contribution in [0, 0.1) is 24.2 Å². The van der Waals surface area contributed by atoms with Crippen molar-refractivity contribution >= 4 is 28.5 Å². The second kappa shape index (κ2) is 4.83. The van der Waals surface area contributed by atoms with Crippen LogP contribution in [0.1, 0.15) is 25.8 Å². The third-order valence-electron chi connectivity index (χ3n) is 4.78. The predicted octanol–water partition coefficient (Wildman–Crippen LogP) is 2.56. The van der Waals surface area contributed by atoms with Crippen molar-refractivity contribution in [3.05, 3.63) is 23.9 Å². The van der Waals surface area contributed by atoms with Gasteiger partial charge in [0.05, 0.1) is 23.0 Å². The van der Waals surface area contributed by atoms with Crippen LogP contribution in [0.4, 0.5) is 5.69 Å². The third kappa shape index (κ3) is 2.06. The van der Waals surface area contributed by atoms with Crippen LogP contribution in [-0.4, -0.2) is 27.2 Å². The average Bonchev–Trinajstić information content (AvgIpc) is 3.04. The largest absolute Gasteiger partial charge is 0.481 e. The fourth-order valence-corrected chi connectivity index (χ4v) is 3.29. The first kappa shape index (κ1) is 14.6. The van der Waals surface area contributed by atoms with Gasteiger partial charge in [0.1, 0.15) is 0 Å². The summed E-state index contributed by atoms with van der Waals surface area (Å²) in [5.74, 6) is -1.73. The molecule has 116 valence electrons. The number of carbonyl (C=O) groups excluding carboxylic acids is 1. The SMILES string of the molecule is Cc1cc(NC(=O)[C@@]2(C(C)C)C[C@H]2C(=O)O)cc2[nH]ncc12. The van der Waals surface area contributed by atoms with Gasteiger partial charge in [-0.1, -0.05) is 13.8 Å². The molecule has 1 aliphatic carbocycles. The number of hydrogen-bond donors (Lipinski definition) is 3.